The summed E-state index contributed by atoms with van der Waals surface area (Å²) in [6.07, 6.45) is 2.19. The van der Waals surface area contributed by atoms with Crippen molar-refractivity contribution < 1.29 is 29.1 Å². The predicted molar refractivity (Wildman–Crippen MR) is 114 cm³/mol. The van der Waals surface area contributed by atoms with Crippen LogP contribution in [0.2, 0.25) is 0 Å². The highest BCUT2D eigenvalue weighted by Crippen LogP contribution is 2.60. The highest BCUT2D eigenvalue weighted by Gasteiger charge is 2.59. The van der Waals surface area contributed by atoms with Gasteiger partial charge in [0.15, 0.2) is 0 Å². The molecule has 1 atom stereocenters. The molecular formula is C23H31N3O6. The van der Waals surface area contributed by atoms with Gasteiger partial charge in [0.1, 0.15) is 18.0 Å². The highest BCUT2D eigenvalue weighted by molar-refractivity contribution is 5.94. The van der Waals surface area contributed by atoms with Gasteiger partial charge in [-0.3, -0.25) is 14.8 Å². The maximum absolute atomic E-state index is 13.3. The standard InChI is InChI=1S/C23H31N3O6/c1-22(2,3)32-21(29)25-8-6-23(7-9-25)13-17(23)20(28)26-10-11-31-18-12-15(19(27)24-30)4-5-16(18)14-26/h4-5,12,17,30H,6-11,13-14H2,1-3H3,(H,24,27). The zero-order valence-electron chi connectivity index (χ0n) is 18.8. The molecular weight excluding hydrogens is 414 g/mol. The summed E-state index contributed by atoms with van der Waals surface area (Å²) in [6.45, 7) is 8.04. The number of nitrogens with zero attached hydrogens (tertiary/aromatic N) is 2. The van der Waals surface area contributed by atoms with Crippen LogP contribution in [0.3, 0.4) is 0 Å². The van der Waals surface area contributed by atoms with Crippen LogP contribution in [-0.4, -0.2) is 64.8 Å². The Kier molecular flexibility index (Phi) is 5.79. The van der Waals surface area contributed by atoms with Gasteiger partial charge in [0.25, 0.3) is 5.91 Å². The average molecular weight is 446 g/mol. The monoisotopic (exact) mass is 445 g/mol. The van der Waals surface area contributed by atoms with Crippen LogP contribution in [0.1, 0.15) is 56.0 Å². The van der Waals surface area contributed by atoms with E-state index in [0.29, 0.717) is 44.1 Å². The zero-order chi connectivity index (χ0) is 23.1. The van der Waals surface area contributed by atoms with Gasteiger partial charge < -0.3 is 19.3 Å². The minimum Gasteiger partial charge on any atom is -0.491 e. The molecule has 9 nitrogen and oxygen atoms in total. The number of hydrogen-bond donors (Lipinski definition) is 2. The molecule has 9 heteroatoms. The number of amides is 3. The Balaban J connectivity index is 1.36. The van der Waals surface area contributed by atoms with E-state index in [0.717, 1.165) is 24.8 Å². The molecule has 1 saturated heterocycles. The highest BCUT2D eigenvalue weighted by atomic mass is 16.6. The third-order valence-electron chi connectivity index (χ3n) is 6.62. The van der Waals surface area contributed by atoms with Crippen molar-refractivity contribution in [3.05, 3.63) is 29.3 Å². The molecule has 1 aliphatic carbocycles. The van der Waals surface area contributed by atoms with Gasteiger partial charge in [-0.15, -0.1) is 0 Å². The lowest BCUT2D eigenvalue weighted by Crippen LogP contribution is -2.43. The molecule has 1 spiro atoms. The van der Waals surface area contributed by atoms with Crippen LogP contribution in [0.15, 0.2) is 18.2 Å². The van der Waals surface area contributed by atoms with E-state index in [4.69, 9.17) is 14.7 Å². The van der Waals surface area contributed by atoms with Gasteiger partial charge in [-0.2, -0.15) is 0 Å². The van der Waals surface area contributed by atoms with Crippen LogP contribution in [-0.2, 0) is 16.1 Å². The molecule has 0 bridgehead atoms. The summed E-state index contributed by atoms with van der Waals surface area (Å²) in [6, 6.07) is 4.94. The fourth-order valence-electron chi connectivity index (χ4n) is 4.69. The maximum Gasteiger partial charge on any atom is 0.410 e. The fraction of sp³-hybridized carbons (Fsp3) is 0.609. The third kappa shape index (κ3) is 4.53. The number of hydrogen-bond acceptors (Lipinski definition) is 6. The van der Waals surface area contributed by atoms with Gasteiger partial charge in [-0.1, -0.05) is 6.07 Å². The molecule has 2 N–H and O–H groups in total. The molecule has 1 unspecified atom stereocenters. The van der Waals surface area contributed by atoms with Gasteiger partial charge >= 0.3 is 6.09 Å². The van der Waals surface area contributed by atoms with Crippen molar-refractivity contribution in [3.8, 4) is 5.75 Å². The summed E-state index contributed by atoms with van der Waals surface area (Å²) in [5.74, 6) is 0.0532. The number of rotatable bonds is 2. The van der Waals surface area contributed by atoms with Crippen molar-refractivity contribution in [2.75, 3.05) is 26.2 Å². The van der Waals surface area contributed by atoms with Crippen LogP contribution in [0, 0.1) is 11.3 Å². The fourth-order valence-corrected chi connectivity index (χ4v) is 4.69. The number of carbonyl (C=O) groups excluding carboxylic acids is 3. The molecule has 1 saturated carbocycles. The average Bonchev–Trinajstić information content (AvgIpc) is 3.49. The third-order valence-corrected chi connectivity index (χ3v) is 6.62. The SMILES string of the molecule is CC(C)(C)OC(=O)N1CCC2(CC1)CC2C(=O)N1CCOc2cc(C(=O)NO)ccc2C1. The van der Waals surface area contributed by atoms with E-state index in [-0.39, 0.29) is 23.3 Å². The minimum absolute atomic E-state index is 0.0192. The number of hydroxylamine groups is 1. The number of benzene rings is 1. The summed E-state index contributed by atoms with van der Waals surface area (Å²) in [5.41, 5.74) is 2.21. The van der Waals surface area contributed by atoms with Crippen LogP contribution in [0.5, 0.6) is 5.75 Å². The number of fused-ring (bicyclic) bond motifs is 1. The van der Waals surface area contributed by atoms with Crippen LogP contribution < -0.4 is 10.2 Å². The van der Waals surface area contributed by atoms with Crippen molar-refractivity contribution in [2.24, 2.45) is 11.3 Å². The van der Waals surface area contributed by atoms with Crippen LogP contribution >= 0.6 is 0 Å². The Hall–Kier alpha value is -2.81. The quantitative estimate of drug-likeness (QED) is 0.535. The van der Waals surface area contributed by atoms with Gasteiger partial charge in [0.2, 0.25) is 5.91 Å². The molecule has 4 rings (SSSR count). The second-order valence-corrected chi connectivity index (χ2v) is 9.96. The molecule has 32 heavy (non-hydrogen) atoms. The van der Waals surface area contributed by atoms with Crippen molar-refractivity contribution in [1.29, 1.82) is 0 Å². The first-order valence-electron chi connectivity index (χ1n) is 11.1. The lowest BCUT2D eigenvalue weighted by atomic mass is 9.90. The first-order valence-corrected chi connectivity index (χ1v) is 11.1. The number of ether oxygens (including phenoxy) is 2. The van der Waals surface area contributed by atoms with Crippen LogP contribution in [0.25, 0.3) is 0 Å². The zero-order valence-corrected chi connectivity index (χ0v) is 18.8. The lowest BCUT2D eigenvalue weighted by molar-refractivity contribution is -0.134. The normalized spacial score (nSPS) is 21.8. The minimum atomic E-state index is -0.605. The summed E-state index contributed by atoms with van der Waals surface area (Å²) >= 11 is 0. The molecule has 2 heterocycles. The molecule has 0 radical (unpaired) electrons. The molecule has 2 fully saturated rings. The molecule has 0 aromatic heterocycles. The van der Waals surface area contributed by atoms with Crippen molar-refractivity contribution >= 4 is 17.9 Å². The molecule has 1 aromatic carbocycles. The van der Waals surface area contributed by atoms with Gasteiger partial charge in [0, 0.05) is 36.7 Å². The lowest BCUT2D eigenvalue weighted by Gasteiger charge is -2.34. The van der Waals surface area contributed by atoms with Gasteiger partial charge in [0.05, 0.1) is 6.54 Å². The Bertz CT molecular complexity index is 917. The van der Waals surface area contributed by atoms with E-state index in [1.807, 2.05) is 25.7 Å². The van der Waals surface area contributed by atoms with Gasteiger partial charge in [-0.05, 0) is 57.6 Å². The van der Waals surface area contributed by atoms with E-state index in [2.05, 4.69) is 0 Å². The summed E-state index contributed by atoms with van der Waals surface area (Å²) in [4.78, 5) is 40.8. The Morgan fingerprint density at radius 2 is 1.88 bits per heavy atom. The van der Waals surface area contributed by atoms with E-state index < -0.39 is 11.5 Å². The van der Waals surface area contributed by atoms with E-state index >= 15 is 0 Å². The maximum atomic E-state index is 13.3. The Morgan fingerprint density at radius 3 is 2.53 bits per heavy atom. The molecule has 2 aliphatic heterocycles. The van der Waals surface area contributed by atoms with Crippen molar-refractivity contribution in [3.63, 3.8) is 0 Å². The van der Waals surface area contributed by atoms with Crippen molar-refractivity contribution in [1.82, 2.24) is 15.3 Å². The van der Waals surface area contributed by atoms with Crippen LogP contribution in [0.4, 0.5) is 4.79 Å². The summed E-state index contributed by atoms with van der Waals surface area (Å²) in [7, 11) is 0. The first kappa shape index (κ1) is 22.4. The summed E-state index contributed by atoms with van der Waals surface area (Å²) in [5, 5.41) is 8.83. The van der Waals surface area contributed by atoms with Gasteiger partial charge in [-0.25, -0.2) is 10.3 Å². The molecule has 174 valence electrons. The Labute approximate surface area is 187 Å². The first-order chi connectivity index (χ1) is 15.1. The number of nitrogens with one attached hydrogen (secondary N) is 1. The molecule has 3 aliphatic rings. The summed E-state index contributed by atoms with van der Waals surface area (Å²) < 4.78 is 11.2. The second-order valence-electron chi connectivity index (χ2n) is 9.96. The molecule has 1 aromatic rings. The topological polar surface area (TPSA) is 108 Å². The van der Waals surface area contributed by atoms with E-state index in [1.165, 1.54) is 0 Å². The number of piperidine rings is 1. The largest absolute Gasteiger partial charge is 0.491 e. The van der Waals surface area contributed by atoms with E-state index in [9.17, 15) is 14.4 Å². The Morgan fingerprint density at radius 1 is 1.16 bits per heavy atom. The predicted octanol–water partition coefficient (Wildman–Crippen LogP) is 2.56. The molecule has 3 amide bonds. The second kappa shape index (κ2) is 8.27. The van der Waals surface area contributed by atoms with Crippen molar-refractivity contribution in [2.45, 2.75) is 52.2 Å². The van der Waals surface area contributed by atoms with E-state index in [1.54, 1.807) is 28.6 Å². The number of carbonyl (C=O) groups is 3. The number of likely N-dealkylation sites (tertiary alicyclic amines) is 1. The smallest absolute Gasteiger partial charge is 0.410 e.